The number of halogens is 2. The summed E-state index contributed by atoms with van der Waals surface area (Å²) in [4.78, 5) is 4.15. The quantitative estimate of drug-likeness (QED) is 0.874. The van der Waals surface area contributed by atoms with Gasteiger partial charge in [0.1, 0.15) is 24.2 Å². The molecular formula is C17H15ClFN3O. The van der Waals surface area contributed by atoms with E-state index in [4.69, 9.17) is 16.3 Å². The zero-order chi connectivity index (χ0) is 15.9. The molecule has 2 aliphatic rings. The summed E-state index contributed by atoms with van der Waals surface area (Å²) in [5, 5.41) is 2.63. The number of epoxide rings is 1. The van der Waals surface area contributed by atoms with Gasteiger partial charge in [0.25, 0.3) is 0 Å². The smallest absolute Gasteiger partial charge is 0.139 e. The molecule has 4 nitrogen and oxygen atoms in total. The zero-order valence-electron chi connectivity index (χ0n) is 12.2. The normalized spacial score (nSPS) is 26.3. The van der Waals surface area contributed by atoms with Crippen LogP contribution in [0.2, 0.25) is 5.02 Å². The predicted molar refractivity (Wildman–Crippen MR) is 86.6 cm³/mol. The maximum Gasteiger partial charge on any atom is 0.139 e. The van der Waals surface area contributed by atoms with E-state index in [0.29, 0.717) is 18.2 Å². The second-order valence-corrected chi connectivity index (χ2v) is 6.10. The average Bonchev–Trinajstić information content (AvgIpc) is 3.02. The van der Waals surface area contributed by atoms with Gasteiger partial charge in [0, 0.05) is 10.6 Å². The summed E-state index contributed by atoms with van der Waals surface area (Å²) in [5.41, 5.74) is 4.39. The van der Waals surface area contributed by atoms with Crippen molar-refractivity contribution in [1.82, 2.24) is 10.4 Å². The van der Waals surface area contributed by atoms with E-state index < -0.39 is 5.60 Å². The van der Waals surface area contributed by atoms with Crippen LogP contribution in [0.3, 0.4) is 0 Å². The van der Waals surface area contributed by atoms with Crippen LogP contribution in [0.4, 0.5) is 4.39 Å². The van der Waals surface area contributed by atoms with E-state index in [9.17, 15) is 4.39 Å². The molecule has 1 fully saturated rings. The van der Waals surface area contributed by atoms with Gasteiger partial charge < -0.3 is 10.2 Å². The molecule has 2 unspecified atom stereocenters. The van der Waals surface area contributed by atoms with Gasteiger partial charge >= 0.3 is 0 Å². The molecule has 118 valence electrons. The van der Waals surface area contributed by atoms with Crippen molar-refractivity contribution in [3.8, 4) is 0 Å². The van der Waals surface area contributed by atoms with E-state index in [-0.39, 0.29) is 11.9 Å². The molecule has 1 saturated heterocycles. The lowest BCUT2D eigenvalue weighted by atomic mass is 9.91. The van der Waals surface area contributed by atoms with E-state index in [0.717, 1.165) is 11.1 Å². The number of rotatable bonds is 4. The first-order chi connectivity index (χ1) is 11.2. The lowest BCUT2D eigenvalue weighted by Gasteiger charge is -2.21. The summed E-state index contributed by atoms with van der Waals surface area (Å²) in [6.45, 7) is 1.15. The number of hydrogen-bond acceptors (Lipinski definition) is 4. The Morgan fingerprint density at radius 1 is 1.26 bits per heavy atom. The fourth-order valence-electron chi connectivity index (χ4n) is 3.02. The molecule has 2 aromatic rings. The third-order valence-corrected chi connectivity index (χ3v) is 4.57. The molecule has 1 N–H and O–H groups in total. The monoisotopic (exact) mass is 331 g/mol. The van der Waals surface area contributed by atoms with E-state index >= 15 is 0 Å². The fourth-order valence-corrected chi connectivity index (χ4v) is 3.26. The van der Waals surface area contributed by atoms with Crippen molar-refractivity contribution < 1.29 is 9.13 Å². The van der Waals surface area contributed by atoms with Gasteiger partial charge in [-0.25, -0.2) is 4.39 Å². The molecule has 0 saturated carbocycles. The molecule has 2 aliphatic heterocycles. The summed E-state index contributed by atoms with van der Waals surface area (Å²) in [7, 11) is 0. The number of nitrogens with zero attached hydrogens (tertiary/aromatic N) is 2. The Morgan fingerprint density at radius 3 is 2.74 bits per heavy atom. The van der Waals surface area contributed by atoms with Gasteiger partial charge in [-0.2, -0.15) is 5.01 Å². The largest absolute Gasteiger partial charge is 0.354 e. The van der Waals surface area contributed by atoms with Gasteiger partial charge in [-0.3, -0.25) is 4.99 Å². The number of ether oxygens (including phenoxy) is 1. The van der Waals surface area contributed by atoms with E-state index in [2.05, 4.69) is 10.4 Å². The first-order valence-corrected chi connectivity index (χ1v) is 7.74. The molecule has 4 rings (SSSR count). The topological polar surface area (TPSA) is 40.2 Å². The lowest BCUT2D eigenvalue weighted by Crippen LogP contribution is -2.39. The van der Waals surface area contributed by atoms with Crippen molar-refractivity contribution >= 4 is 17.9 Å². The Kier molecular flexibility index (Phi) is 3.56. The van der Waals surface area contributed by atoms with Crippen LogP contribution in [0, 0.1) is 5.82 Å². The van der Waals surface area contributed by atoms with Crippen LogP contribution in [0.1, 0.15) is 17.2 Å². The Labute approximate surface area is 138 Å². The van der Waals surface area contributed by atoms with Crippen LogP contribution < -0.4 is 5.43 Å². The third-order valence-electron chi connectivity index (χ3n) is 4.22. The number of nitrogens with one attached hydrogen (secondary N) is 1. The summed E-state index contributed by atoms with van der Waals surface area (Å²) in [6.07, 6.45) is 1.50. The highest BCUT2D eigenvalue weighted by molar-refractivity contribution is 6.31. The van der Waals surface area contributed by atoms with Crippen LogP contribution in [-0.4, -0.2) is 24.6 Å². The van der Waals surface area contributed by atoms with Gasteiger partial charge in [0.2, 0.25) is 0 Å². The first kappa shape index (κ1) is 14.6. The second kappa shape index (κ2) is 5.60. The van der Waals surface area contributed by atoms with Crippen molar-refractivity contribution in [3.05, 3.63) is 70.5 Å². The summed E-state index contributed by atoms with van der Waals surface area (Å²) in [5.74, 6) is -0.263. The first-order valence-electron chi connectivity index (χ1n) is 7.37. The van der Waals surface area contributed by atoms with E-state index in [1.807, 2.05) is 29.3 Å². The van der Waals surface area contributed by atoms with Crippen LogP contribution in [0.25, 0.3) is 0 Å². The van der Waals surface area contributed by atoms with Crippen LogP contribution in [0.5, 0.6) is 0 Å². The van der Waals surface area contributed by atoms with Crippen molar-refractivity contribution in [1.29, 1.82) is 0 Å². The van der Waals surface area contributed by atoms with Crippen molar-refractivity contribution in [3.63, 3.8) is 0 Å². The van der Waals surface area contributed by atoms with Crippen LogP contribution >= 0.6 is 11.6 Å². The SMILES string of the molecule is Fc1ccc(C2(CN3CN=CN3)OC2c2ccccc2Cl)cc1. The minimum absolute atomic E-state index is 0.163. The molecule has 0 bridgehead atoms. The average molecular weight is 332 g/mol. The standard InChI is InChI=1S/C17H15ClFN3O/c18-15-4-2-1-3-14(15)16-17(23-16,9-22-11-20-10-21-22)12-5-7-13(19)8-6-12/h1-8,10,16H,9,11H2,(H,20,21). The number of hydrogen-bond donors (Lipinski definition) is 1. The maximum atomic E-state index is 13.3. The number of aliphatic imine (C=N–C) groups is 1. The highest BCUT2D eigenvalue weighted by Gasteiger charge is 2.60. The van der Waals surface area contributed by atoms with Crippen molar-refractivity contribution in [2.45, 2.75) is 11.7 Å². The van der Waals surface area contributed by atoms with Crippen molar-refractivity contribution in [2.24, 2.45) is 4.99 Å². The molecule has 23 heavy (non-hydrogen) atoms. The van der Waals surface area contributed by atoms with Gasteiger partial charge in [-0.15, -0.1) is 0 Å². The van der Waals surface area contributed by atoms with Gasteiger partial charge in [-0.1, -0.05) is 41.9 Å². The van der Waals surface area contributed by atoms with Crippen LogP contribution in [-0.2, 0) is 10.3 Å². The van der Waals surface area contributed by atoms with Crippen molar-refractivity contribution in [2.75, 3.05) is 13.2 Å². The predicted octanol–water partition coefficient (Wildman–Crippen LogP) is 3.25. The zero-order valence-corrected chi connectivity index (χ0v) is 13.0. The molecule has 0 spiro atoms. The molecule has 2 atom stereocenters. The molecule has 6 heteroatoms. The minimum atomic E-state index is -0.556. The number of hydrazine groups is 1. The minimum Gasteiger partial charge on any atom is -0.354 e. The lowest BCUT2D eigenvalue weighted by molar-refractivity contribution is 0.178. The third kappa shape index (κ3) is 2.61. The second-order valence-electron chi connectivity index (χ2n) is 5.70. The molecular weight excluding hydrogens is 317 g/mol. The van der Waals surface area contributed by atoms with E-state index in [1.165, 1.54) is 12.1 Å². The van der Waals surface area contributed by atoms with Gasteiger partial charge in [0.05, 0.1) is 12.9 Å². The maximum absolute atomic E-state index is 13.3. The molecule has 2 heterocycles. The number of benzene rings is 2. The Bertz CT molecular complexity index is 744. The highest BCUT2D eigenvalue weighted by Crippen LogP contribution is 2.58. The van der Waals surface area contributed by atoms with Gasteiger partial charge in [-0.05, 0) is 23.8 Å². The Hall–Kier alpha value is -1.95. The molecule has 0 aliphatic carbocycles. The molecule has 2 aromatic carbocycles. The summed E-state index contributed by atoms with van der Waals surface area (Å²) >= 11 is 6.32. The molecule has 0 aromatic heterocycles. The molecule has 0 amide bonds. The molecule has 0 radical (unpaired) electrons. The Morgan fingerprint density at radius 2 is 2.04 bits per heavy atom. The highest BCUT2D eigenvalue weighted by atomic mass is 35.5. The summed E-state index contributed by atoms with van der Waals surface area (Å²) in [6, 6.07) is 14.1. The fraction of sp³-hybridized carbons (Fsp3) is 0.235. The van der Waals surface area contributed by atoms with E-state index in [1.54, 1.807) is 18.5 Å². The van der Waals surface area contributed by atoms with Gasteiger partial charge in [0.15, 0.2) is 0 Å². The summed E-state index contributed by atoms with van der Waals surface area (Å²) < 4.78 is 19.4. The van der Waals surface area contributed by atoms with Crippen LogP contribution in [0.15, 0.2) is 53.5 Å². The Balaban J connectivity index is 1.68.